The summed E-state index contributed by atoms with van der Waals surface area (Å²) in [6.07, 6.45) is 2.35. The lowest BCUT2D eigenvalue weighted by atomic mass is 10.0. The Morgan fingerprint density at radius 2 is 2.00 bits per heavy atom. The molecular formula is C15H23Cl2NS. The van der Waals surface area contributed by atoms with Crippen LogP contribution in [0.1, 0.15) is 33.6 Å². The number of rotatable bonds is 8. The van der Waals surface area contributed by atoms with Gasteiger partial charge in [0.2, 0.25) is 0 Å². The molecule has 0 amide bonds. The Bertz CT molecular complexity index is 384. The number of benzene rings is 1. The van der Waals surface area contributed by atoms with Crippen LogP contribution < -0.4 is 5.32 Å². The molecule has 2 unspecified atom stereocenters. The predicted octanol–water partition coefficient (Wildman–Crippen LogP) is 5.50. The van der Waals surface area contributed by atoms with Crippen molar-refractivity contribution in [3.63, 3.8) is 0 Å². The highest BCUT2D eigenvalue weighted by Gasteiger charge is 2.16. The zero-order valence-electron chi connectivity index (χ0n) is 11.9. The maximum Gasteiger partial charge on any atom is 0.0542 e. The van der Waals surface area contributed by atoms with Gasteiger partial charge in [0.05, 0.1) is 5.02 Å². The first-order valence-electron chi connectivity index (χ1n) is 6.89. The summed E-state index contributed by atoms with van der Waals surface area (Å²) >= 11 is 14.0. The van der Waals surface area contributed by atoms with Gasteiger partial charge in [0.15, 0.2) is 0 Å². The Hall–Kier alpha value is 0.110. The van der Waals surface area contributed by atoms with E-state index in [1.54, 1.807) is 11.8 Å². The minimum Gasteiger partial charge on any atom is -0.313 e. The van der Waals surface area contributed by atoms with Crippen molar-refractivity contribution in [3.05, 3.63) is 28.2 Å². The molecule has 2 atom stereocenters. The summed E-state index contributed by atoms with van der Waals surface area (Å²) in [5.41, 5.74) is 0. The second-order valence-electron chi connectivity index (χ2n) is 4.83. The Balaban J connectivity index is 2.61. The summed E-state index contributed by atoms with van der Waals surface area (Å²) in [5.74, 6) is 1.69. The normalized spacial score (nSPS) is 14.4. The van der Waals surface area contributed by atoms with Gasteiger partial charge in [0, 0.05) is 21.7 Å². The van der Waals surface area contributed by atoms with Gasteiger partial charge in [-0.05, 0) is 37.1 Å². The van der Waals surface area contributed by atoms with Gasteiger partial charge in [-0.2, -0.15) is 0 Å². The third kappa shape index (κ3) is 5.95. The maximum absolute atomic E-state index is 6.20. The van der Waals surface area contributed by atoms with Crippen molar-refractivity contribution in [3.8, 4) is 0 Å². The van der Waals surface area contributed by atoms with Gasteiger partial charge >= 0.3 is 0 Å². The fraction of sp³-hybridized carbons (Fsp3) is 0.600. The molecule has 0 spiro atoms. The van der Waals surface area contributed by atoms with E-state index in [0.717, 1.165) is 33.7 Å². The minimum atomic E-state index is 0.519. The molecule has 19 heavy (non-hydrogen) atoms. The molecule has 1 aromatic rings. The van der Waals surface area contributed by atoms with Crippen molar-refractivity contribution < 1.29 is 0 Å². The second-order valence-corrected chi connectivity index (χ2v) is 6.74. The van der Waals surface area contributed by atoms with Gasteiger partial charge in [-0.3, -0.25) is 0 Å². The van der Waals surface area contributed by atoms with Crippen LogP contribution in [-0.2, 0) is 0 Å². The van der Waals surface area contributed by atoms with E-state index in [-0.39, 0.29) is 0 Å². The quantitative estimate of drug-likeness (QED) is 0.635. The highest BCUT2D eigenvalue weighted by molar-refractivity contribution is 7.99. The lowest BCUT2D eigenvalue weighted by Crippen LogP contribution is -2.37. The molecule has 0 saturated carbocycles. The molecule has 1 nitrogen and oxygen atoms in total. The number of thioether (sulfide) groups is 1. The fourth-order valence-corrected chi connectivity index (χ4v) is 3.55. The number of halogens is 2. The highest BCUT2D eigenvalue weighted by Crippen LogP contribution is 2.31. The van der Waals surface area contributed by atoms with Crippen LogP contribution in [-0.4, -0.2) is 18.3 Å². The van der Waals surface area contributed by atoms with E-state index in [9.17, 15) is 0 Å². The van der Waals surface area contributed by atoms with Crippen LogP contribution in [0.5, 0.6) is 0 Å². The average molecular weight is 320 g/mol. The molecule has 0 radical (unpaired) electrons. The van der Waals surface area contributed by atoms with Crippen molar-refractivity contribution >= 4 is 35.0 Å². The molecule has 0 bridgehead atoms. The minimum absolute atomic E-state index is 0.519. The zero-order chi connectivity index (χ0) is 14.3. The van der Waals surface area contributed by atoms with Gasteiger partial charge in [-0.25, -0.2) is 0 Å². The average Bonchev–Trinajstić information content (AvgIpc) is 2.41. The van der Waals surface area contributed by atoms with Gasteiger partial charge in [0.25, 0.3) is 0 Å². The number of hydrogen-bond donors (Lipinski definition) is 1. The van der Waals surface area contributed by atoms with Crippen molar-refractivity contribution in [2.24, 2.45) is 5.92 Å². The van der Waals surface area contributed by atoms with Crippen molar-refractivity contribution in [1.82, 2.24) is 5.32 Å². The standard InChI is InChI=1S/C15H23Cl2NS/c1-4-8-18-14(11(3)5-2)10-19-15-9-12(16)6-7-13(15)17/h6-7,9,11,14,18H,4-5,8,10H2,1-3H3. The zero-order valence-corrected chi connectivity index (χ0v) is 14.2. The Kier molecular flexibility index (Phi) is 8.24. The molecule has 0 aliphatic carbocycles. The van der Waals surface area contributed by atoms with Gasteiger partial charge < -0.3 is 5.32 Å². The first-order chi connectivity index (χ1) is 9.08. The summed E-state index contributed by atoms with van der Waals surface area (Å²) in [7, 11) is 0. The van der Waals surface area contributed by atoms with E-state index in [4.69, 9.17) is 23.2 Å². The molecule has 0 saturated heterocycles. The van der Waals surface area contributed by atoms with Crippen molar-refractivity contribution in [2.45, 2.75) is 44.6 Å². The Labute approximate surface area is 131 Å². The van der Waals surface area contributed by atoms with Crippen molar-refractivity contribution in [1.29, 1.82) is 0 Å². The molecule has 0 aromatic heterocycles. The van der Waals surface area contributed by atoms with E-state index in [2.05, 4.69) is 26.1 Å². The molecule has 4 heteroatoms. The Morgan fingerprint density at radius 3 is 2.63 bits per heavy atom. The second kappa shape index (κ2) is 9.12. The summed E-state index contributed by atoms with van der Waals surface area (Å²) in [6.45, 7) is 7.80. The van der Waals surface area contributed by atoms with Gasteiger partial charge in [0.1, 0.15) is 0 Å². The van der Waals surface area contributed by atoms with Gasteiger partial charge in [-0.15, -0.1) is 11.8 Å². The van der Waals surface area contributed by atoms with Crippen LogP contribution in [0.25, 0.3) is 0 Å². The van der Waals surface area contributed by atoms with E-state index in [0.29, 0.717) is 12.0 Å². The SMILES string of the molecule is CCCNC(CSc1cc(Cl)ccc1Cl)C(C)CC. The smallest absolute Gasteiger partial charge is 0.0542 e. The van der Waals surface area contributed by atoms with E-state index < -0.39 is 0 Å². The first kappa shape index (κ1) is 17.2. The lowest BCUT2D eigenvalue weighted by molar-refractivity contribution is 0.397. The van der Waals surface area contributed by atoms with Gasteiger partial charge in [-0.1, -0.05) is 50.4 Å². The molecule has 0 aliphatic heterocycles. The summed E-state index contributed by atoms with van der Waals surface area (Å²) < 4.78 is 0. The van der Waals surface area contributed by atoms with Crippen molar-refractivity contribution in [2.75, 3.05) is 12.3 Å². The largest absolute Gasteiger partial charge is 0.313 e. The molecule has 108 valence electrons. The van der Waals surface area contributed by atoms with Crippen LogP contribution in [0.3, 0.4) is 0 Å². The van der Waals surface area contributed by atoms with E-state index in [1.807, 2.05) is 18.2 Å². The lowest BCUT2D eigenvalue weighted by Gasteiger charge is -2.24. The van der Waals surface area contributed by atoms with Crippen LogP contribution in [0.4, 0.5) is 0 Å². The summed E-state index contributed by atoms with van der Waals surface area (Å²) in [5, 5.41) is 5.16. The van der Waals surface area contributed by atoms with Crippen LogP contribution in [0.2, 0.25) is 10.0 Å². The molecule has 1 aromatic carbocycles. The summed E-state index contributed by atoms with van der Waals surface area (Å²) in [4.78, 5) is 1.07. The Morgan fingerprint density at radius 1 is 1.26 bits per heavy atom. The van der Waals surface area contributed by atoms with E-state index in [1.165, 1.54) is 6.42 Å². The van der Waals surface area contributed by atoms with Crippen LogP contribution in [0, 0.1) is 5.92 Å². The third-order valence-corrected chi connectivity index (χ3v) is 5.15. The molecule has 0 fully saturated rings. The molecule has 0 heterocycles. The number of nitrogens with one attached hydrogen (secondary N) is 1. The third-order valence-electron chi connectivity index (χ3n) is 3.30. The van der Waals surface area contributed by atoms with Crippen LogP contribution in [0.15, 0.2) is 23.1 Å². The molecular weight excluding hydrogens is 297 g/mol. The number of hydrogen-bond acceptors (Lipinski definition) is 2. The highest BCUT2D eigenvalue weighted by atomic mass is 35.5. The van der Waals surface area contributed by atoms with E-state index >= 15 is 0 Å². The topological polar surface area (TPSA) is 12.0 Å². The molecule has 0 aliphatic rings. The maximum atomic E-state index is 6.20. The first-order valence-corrected chi connectivity index (χ1v) is 8.63. The molecule has 1 rings (SSSR count). The fourth-order valence-electron chi connectivity index (χ4n) is 1.81. The predicted molar refractivity (Wildman–Crippen MR) is 88.7 cm³/mol. The molecule has 1 N–H and O–H groups in total. The monoisotopic (exact) mass is 319 g/mol. The van der Waals surface area contributed by atoms with Crippen LogP contribution >= 0.6 is 35.0 Å². The summed E-state index contributed by atoms with van der Waals surface area (Å²) in [6, 6.07) is 6.16.